The fourth-order valence-corrected chi connectivity index (χ4v) is 1.29. The van der Waals surface area contributed by atoms with Crippen molar-refractivity contribution in [3.8, 4) is 0 Å². The predicted molar refractivity (Wildman–Crippen MR) is 74.5 cm³/mol. The lowest BCUT2D eigenvalue weighted by molar-refractivity contribution is -0.148. The van der Waals surface area contributed by atoms with E-state index in [1.807, 2.05) is 6.92 Å². The van der Waals surface area contributed by atoms with E-state index in [9.17, 15) is 14.0 Å². The molecule has 20 heavy (non-hydrogen) atoms. The highest BCUT2D eigenvalue weighted by Gasteiger charge is 2.16. The summed E-state index contributed by atoms with van der Waals surface area (Å²) in [5.41, 5.74) is 0.434. The van der Waals surface area contributed by atoms with E-state index in [1.165, 1.54) is 43.3 Å². The first-order chi connectivity index (χ1) is 9.52. The van der Waals surface area contributed by atoms with E-state index in [1.54, 1.807) is 12.2 Å². The molecule has 5 heteroatoms. The van der Waals surface area contributed by atoms with Crippen LogP contribution in [0.25, 0.3) is 0 Å². The van der Waals surface area contributed by atoms with Crippen LogP contribution in [0.1, 0.15) is 13.8 Å². The summed E-state index contributed by atoms with van der Waals surface area (Å²) < 4.78 is 17.6. The van der Waals surface area contributed by atoms with Crippen LogP contribution in [0.2, 0.25) is 0 Å². The van der Waals surface area contributed by atoms with Gasteiger partial charge in [-0.25, -0.2) is 9.18 Å². The topological polar surface area (TPSA) is 55.4 Å². The van der Waals surface area contributed by atoms with Crippen LogP contribution in [0, 0.1) is 5.82 Å². The van der Waals surface area contributed by atoms with Gasteiger partial charge in [-0.1, -0.05) is 18.2 Å². The minimum Gasteiger partial charge on any atom is -0.449 e. The van der Waals surface area contributed by atoms with E-state index < -0.39 is 23.8 Å². The monoisotopic (exact) mass is 277 g/mol. The first-order valence-corrected chi connectivity index (χ1v) is 6.09. The van der Waals surface area contributed by atoms with E-state index in [2.05, 4.69) is 5.32 Å². The van der Waals surface area contributed by atoms with Crippen LogP contribution in [-0.2, 0) is 14.3 Å². The Morgan fingerprint density at radius 2 is 1.90 bits per heavy atom. The summed E-state index contributed by atoms with van der Waals surface area (Å²) >= 11 is 0. The number of nitrogens with one attached hydrogen (secondary N) is 1. The van der Waals surface area contributed by atoms with Crippen molar-refractivity contribution in [2.24, 2.45) is 0 Å². The number of anilines is 1. The van der Waals surface area contributed by atoms with Crippen molar-refractivity contribution in [3.05, 3.63) is 54.4 Å². The van der Waals surface area contributed by atoms with Crippen LogP contribution in [0.4, 0.5) is 10.1 Å². The Kier molecular flexibility index (Phi) is 6.16. The van der Waals surface area contributed by atoms with Gasteiger partial charge in [0.15, 0.2) is 6.10 Å². The number of halogens is 1. The van der Waals surface area contributed by atoms with Gasteiger partial charge in [-0.2, -0.15) is 0 Å². The molecule has 0 heterocycles. The van der Waals surface area contributed by atoms with Gasteiger partial charge in [0.1, 0.15) is 5.82 Å². The summed E-state index contributed by atoms with van der Waals surface area (Å²) in [5.74, 6) is -1.48. The zero-order chi connectivity index (χ0) is 15.0. The molecular formula is C15H16FNO3. The van der Waals surface area contributed by atoms with Crippen molar-refractivity contribution in [2.75, 3.05) is 5.32 Å². The first kappa shape index (κ1) is 15.6. The third-order valence-corrected chi connectivity index (χ3v) is 2.31. The summed E-state index contributed by atoms with van der Waals surface area (Å²) in [4.78, 5) is 23.1. The van der Waals surface area contributed by atoms with E-state index in [-0.39, 0.29) is 0 Å². The van der Waals surface area contributed by atoms with Gasteiger partial charge in [-0.3, -0.25) is 4.79 Å². The molecule has 1 unspecified atom stereocenters. The molecule has 1 aromatic rings. The lowest BCUT2D eigenvalue weighted by Gasteiger charge is -2.12. The first-order valence-electron chi connectivity index (χ1n) is 6.09. The number of benzene rings is 1. The molecule has 4 nitrogen and oxygen atoms in total. The quantitative estimate of drug-likeness (QED) is 0.511. The molecule has 0 bridgehead atoms. The van der Waals surface area contributed by atoms with Crippen LogP contribution in [0.15, 0.2) is 48.6 Å². The number of carbonyl (C=O) groups excluding carboxylic acids is 2. The number of rotatable bonds is 5. The van der Waals surface area contributed by atoms with Gasteiger partial charge in [-0.15, -0.1) is 0 Å². The van der Waals surface area contributed by atoms with E-state index >= 15 is 0 Å². The summed E-state index contributed by atoms with van der Waals surface area (Å²) in [6.07, 6.45) is 5.23. The summed E-state index contributed by atoms with van der Waals surface area (Å²) in [6, 6.07) is 5.31. The molecule has 106 valence electrons. The molecule has 0 aromatic heterocycles. The average Bonchev–Trinajstić information content (AvgIpc) is 2.41. The smallest absolute Gasteiger partial charge is 0.331 e. The Hall–Kier alpha value is -2.43. The molecule has 1 amide bonds. The highest BCUT2D eigenvalue weighted by atomic mass is 19.1. The number of esters is 1. The fourth-order valence-electron chi connectivity index (χ4n) is 1.29. The Morgan fingerprint density at radius 1 is 1.25 bits per heavy atom. The number of amides is 1. The second-order valence-electron chi connectivity index (χ2n) is 3.96. The Labute approximate surface area is 116 Å². The summed E-state index contributed by atoms with van der Waals surface area (Å²) in [7, 11) is 0. The summed E-state index contributed by atoms with van der Waals surface area (Å²) in [6.45, 7) is 3.27. The maximum Gasteiger partial charge on any atom is 0.331 e. The summed E-state index contributed by atoms with van der Waals surface area (Å²) in [5, 5.41) is 2.52. The zero-order valence-electron chi connectivity index (χ0n) is 11.3. The predicted octanol–water partition coefficient (Wildman–Crippen LogP) is 2.83. The van der Waals surface area contributed by atoms with Crippen LogP contribution in [0.5, 0.6) is 0 Å². The average molecular weight is 277 g/mol. The van der Waals surface area contributed by atoms with Gasteiger partial charge >= 0.3 is 5.97 Å². The van der Waals surface area contributed by atoms with Gasteiger partial charge in [0.25, 0.3) is 5.91 Å². The molecule has 1 atom stereocenters. The lowest BCUT2D eigenvalue weighted by Crippen LogP contribution is -2.29. The number of hydrogen-bond acceptors (Lipinski definition) is 3. The van der Waals surface area contributed by atoms with Crippen LogP contribution in [-0.4, -0.2) is 18.0 Å². The second kappa shape index (κ2) is 7.89. The number of hydrogen-bond donors (Lipinski definition) is 1. The van der Waals surface area contributed by atoms with Crippen molar-refractivity contribution >= 4 is 17.6 Å². The number of carbonyl (C=O) groups is 2. The number of ether oxygens (including phenoxy) is 1. The highest BCUT2D eigenvalue weighted by molar-refractivity contribution is 5.95. The van der Waals surface area contributed by atoms with E-state index in [0.29, 0.717) is 5.69 Å². The van der Waals surface area contributed by atoms with Gasteiger partial charge in [0, 0.05) is 11.8 Å². The fraction of sp³-hybridized carbons (Fsp3) is 0.200. The maximum atomic E-state index is 12.7. The molecule has 0 aliphatic carbocycles. The van der Waals surface area contributed by atoms with Crippen molar-refractivity contribution in [1.29, 1.82) is 0 Å². The largest absolute Gasteiger partial charge is 0.449 e. The van der Waals surface area contributed by atoms with E-state index in [0.717, 1.165) is 0 Å². The Morgan fingerprint density at radius 3 is 2.50 bits per heavy atom. The van der Waals surface area contributed by atoms with Gasteiger partial charge in [-0.05, 0) is 38.1 Å². The third-order valence-electron chi connectivity index (χ3n) is 2.31. The Bertz CT molecular complexity index is 520. The van der Waals surface area contributed by atoms with Crippen molar-refractivity contribution in [3.63, 3.8) is 0 Å². The molecular weight excluding hydrogens is 261 g/mol. The van der Waals surface area contributed by atoms with Gasteiger partial charge in [0.05, 0.1) is 0 Å². The minimum absolute atomic E-state index is 0.392. The van der Waals surface area contributed by atoms with Crippen LogP contribution >= 0.6 is 0 Å². The van der Waals surface area contributed by atoms with Crippen LogP contribution < -0.4 is 5.32 Å². The molecule has 1 aromatic carbocycles. The molecule has 0 saturated heterocycles. The Balaban J connectivity index is 2.50. The molecule has 0 radical (unpaired) electrons. The molecule has 0 fully saturated rings. The molecule has 1 N–H and O–H groups in total. The van der Waals surface area contributed by atoms with Gasteiger partial charge < -0.3 is 10.1 Å². The SMILES string of the molecule is CC=CC=CC(=O)OC(C)C(=O)Nc1ccc(F)cc1. The van der Waals surface area contributed by atoms with Gasteiger partial charge in [0.2, 0.25) is 0 Å². The minimum atomic E-state index is -0.942. The molecule has 0 spiro atoms. The lowest BCUT2D eigenvalue weighted by atomic mass is 10.3. The maximum absolute atomic E-state index is 12.7. The standard InChI is InChI=1S/C15H16FNO3/c1-3-4-5-6-14(18)20-11(2)15(19)17-13-9-7-12(16)8-10-13/h3-11H,1-2H3,(H,17,19). The third kappa shape index (κ3) is 5.48. The van der Waals surface area contributed by atoms with Crippen molar-refractivity contribution in [1.82, 2.24) is 0 Å². The van der Waals surface area contributed by atoms with E-state index in [4.69, 9.17) is 4.74 Å². The highest BCUT2D eigenvalue weighted by Crippen LogP contribution is 2.09. The molecule has 0 aliphatic heterocycles. The second-order valence-corrected chi connectivity index (χ2v) is 3.96. The molecule has 0 saturated carbocycles. The van der Waals surface area contributed by atoms with Crippen molar-refractivity contribution < 1.29 is 18.7 Å². The zero-order valence-corrected chi connectivity index (χ0v) is 11.3. The normalized spacial score (nSPS) is 12.6. The molecule has 0 aliphatic rings. The van der Waals surface area contributed by atoms with Crippen molar-refractivity contribution in [2.45, 2.75) is 20.0 Å². The van der Waals surface area contributed by atoms with Crippen LogP contribution in [0.3, 0.4) is 0 Å². The molecule has 1 rings (SSSR count). The number of allylic oxidation sites excluding steroid dienone is 3.